The Labute approximate surface area is 161 Å². The second-order valence-electron chi connectivity index (χ2n) is 5.41. The molecule has 2 aromatic carbocycles. The number of H-pyrrole nitrogens is 1. The van der Waals surface area contributed by atoms with Crippen molar-refractivity contribution in [3.05, 3.63) is 59.1 Å². The maximum atomic E-state index is 4.71. The van der Waals surface area contributed by atoms with Crippen LogP contribution in [0.25, 0.3) is 38.0 Å². The average Bonchev–Trinajstić information content (AvgIpc) is 3.27. The van der Waals surface area contributed by atoms with E-state index < -0.39 is 0 Å². The predicted octanol–water partition coefficient (Wildman–Crippen LogP) is 5.19. The summed E-state index contributed by atoms with van der Waals surface area (Å²) >= 11 is 5.01. The van der Waals surface area contributed by atoms with Crippen LogP contribution in [0.15, 0.2) is 59.1 Å². The van der Waals surface area contributed by atoms with E-state index in [0.29, 0.717) is 0 Å². The Morgan fingerprint density at radius 2 is 1.88 bits per heavy atom. The van der Waals surface area contributed by atoms with Crippen LogP contribution in [0, 0.1) is 0 Å². The molecule has 0 aliphatic carbocycles. The van der Waals surface area contributed by atoms with E-state index in [1.807, 2.05) is 36.4 Å². The molecule has 3 aromatic heterocycles. The number of aromatic nitrogens is 5. The van der Waals surface area contributed by atoms with E-state index in [1.165, 1.54) is 16.7 Å². The second-order valence-corrected chi connectivity index (χ2v) is 7.28. The fourth-order valence-corrected chi connectivity index (χ4v) is 3.93. The number of nitrogens with one attached hydrogen (secondary N) is 1. The number of hydrogen-bond donors (Lipinski definition) is 1. The lowest BCUT2D eigenvalue weighted by Crippen LogP contribution is -1.91. The molecule has 25 heavy (non-hydrogen) atoms. The number of benzene rings is 2. The number of nitrogens with zero attached hydrogens (tertiary/aromatic N) is 4. The molecular formula is C17H11BrClN5S. The first-order valence-corrected chi connectivity index (χ1v) is 8.95. The molecule has 0 saturated carbocycles. The van der Waals surface area contributed by atoms with Crippen molar-refractivity contribution in [1.29, 1.82) is 0 Å². The fourth-order valence-electron chi connectivity index (χ4n) is 2.72. The quantitative estimate of drug-likeness (QED) is 0.418. The van der Waals surface area contributed by atoms with Crippen LogP contribution in [0.1, 0.15) is 0 Å². The molecular weight excluding hydrogens is 422 g/mol. The summed E-state index contributed by atoms with van der Waals surface area (Å²) in [6, 6.07) is 18.3. The maximum absolute atomic E-state index is 4.71. The highest BCUT2D eigenvalue weighted by Gasteiger charge is 2.15. The molecule has 0 atom stereocenters. The first kappa shape index (κ1) is 16.3. The third-order valence-electron chi connectivity index (χ3n) is 3.83. The van der Waals surface area contributed by atoms with Crippen LogP contribution in [0.5, 0.6) is 0 Å². The van der Waals surface area contributed by atoms with Gasteiger partial charge in [0.15, 0.2) is 10.8 Å². The Balaban J connectivity index is 0.00000157. The Morgan fingerprint density at radius 3 is 2.72 bits per heavy atom. The molecule has 5 nitrogen and oxygen atoms in total. The summed E-state index contributed by atoms with van der Waals surface area (Å²) in [6.07, 6.45) is 0. The first-order chi connectivity index (χ1) is 11.8. The van der Waals surface area contributed by atoms with Gasteiger partial charge in [-0.25, -0.2) is 0 Å². The normalized spacial score (nSPS) is 11.1. The summed E-state index contributed by atoms with van der Waals surface area (Å²) in [5.41, 5.74) is 3.07. The smallest absolute Gasteiger partial charge is 0.235 e. The molecule has 0 aliphatic heterocycles. The standard InChI is InChI=1S/C17H10BrN5S.ClH/c18-12-6-3-5-11(8-12)15-20-21-17-23(15)22-16(24-17)14-9-10-4-1-2-7-13(10)19-14;/h1-9,19H;1H. The van der Waals surface area contributed by atoms with Gasteiger partial charge in [-0.3, -0.25) is 0 Å². The van der Waals surface area contributed by atoms with Gasteiger partial charge in [0.25, 0.3) is 0 Å². The zero-order valence-electron chi connectivity index (χ0n) is 12.7. The van der Waals surface area contributed by atoms with E-state index >= 15 is 0 Å². The zero-order chi connectivity index (χ0) is 16.1. The highest BCUT2D eigenvalue weighted by molar-refractivity contribution is 9.10. The van der Waals surface area contributed by atoms with Gasteiger partial charge in [0.05, 0.1) is 5.69 Å². The number of aromatic amines is 1. The number of para-hydroxylation sites is 1. The van der Waals surface area contributed by atoms with E-state index in [0.717, 1.165) is 37.0 Å². The van der Waals surface area contributed by atoms with Crippen LogP contribution in [0.4, 0.5) is 0 Å². The van der Waals surface area contributed by atoms with Crippen LogP contribution in [0.2, 0.25) is 0 Å². The van der Waals surface area contributed by atoms with Crippen molar-refractivity contribution in [2.75, 3.05) is 0 Å². The first-order valence-electron chi connectivity index (χ1n) is 7.34. The average molecular weight is 433 g/mol. The minimum atomic E-state index is 0. The van der Waals surface area contributed by atoms with Crippen molar-refractivity contribution in [1.82, 2.24) is 24.8 Å². The minimum Gasteiger partial charge on any atom is -0.353 e. The second kappa shape index (κ2) is 6.25. The van der Waals surface area contributed by atoms with E-state index in [-0.39, 0.29) is 12.4 Å². The van der Waals surface area contributed by atoms with Crippen LogP contribution in [0.3, 0.4) is 0 Å². The third-order valence-corrected chi connectivity index (χ3v) is 5.26. The summed E-state index contributed by atoms with van der Waals surface area (Å²) < 4.78 is 2.80. The number of halogens is 2. The molecule has 3 heterocycles. The molecule has 0 fully saturated rings. The highest BCUT2D eigenvalue weighted by atomic mass is 79.9. The van der Waals surface area contributed by atoms with Crippen molar-refractivity contribution in [2.45, 2.75) is 0 Å². The topological polar surface area (TPSA) is 58.9 Å². The molecule has 0 saturated heterocycles. The molecule has 124 valence electrons. The van der Waals surface area contributed by atoms with Gasteiger partial charge in [0.1, 0.15) is 0 Å². The van der Waals surface area contributed by atoms with Gasteiger partial charge >= 0.3 is 0 Å². The van der Waals surface area contributed by atoms with Crippen LogP contribution >= 0.6 is 39.7 Å². The Kier molecular flexibility index (Phi) is 4.07. The summed E-state index contributed by atoms with van der Waals surface area (Å²) in [6.45, 7) is 0. The van der Waals surface area contributed by atoms with Gasteiger partial charge < -0.3 is 4.98 Å². The summed E-state index contributed by atoms with van der Waals surface area (Å²) in [7, 11) is 0. The lowest BCUT2D eigenvalue weighted by Gasteiger charge is -1.97. The van der Waals surface area contributed by atoms with E-state index in [1.54, 1.807) is 4.52 Å². The van der Waals surface area contributed by atoms with Crippen molar-refractivity contribution < 1.29 is 0 Å². The van der Waals surface area contributed by atoms with Crippen molar-refractivity contribution in [3.63, 3.8) is 0 Å². The van der Waals surface area contributed by atoms with Gasteiger partial charge in [0, 0.05) is 20.9 Å². The molecule has 8 heteroatoms. The molecule has 0 spiro atoms. The summed E-state index contributed by atoms with van der Waals surface area (Å²) in [4.78, 5) is 4.19. The van der Waals surface area contributed by atoms with Crippen molar-refractivity contribution in [2.24, 2.45) is 0 Å². The third kappa shape index (κ3) is 2.74. The van der Waals surface area contributed by atoms with Crippen LogP contribution < -0.4 is 0 Å². The number of fused-ring (bicyclic) bond motifs is 2. The molecule has 1 N–H and O–H groups in total. The van der Waals surface area contributed by atoms with E-state index in [4.69, 9.17) is 5.10 Å². The van der Waals surface area contributed by atoms with E-state index in [2.05, 4.69) is 49.3 Å². The molecule has 0 amide bonds. The largest absolute Gasteiger partial charge is 0.353 e. The SMILES string of the molecule is Brc1cccc(-c2nnc3sc(-c4cc5ccccc5[nH]4)nn23)c1.Cl. The molecule has 0 unspecified atom stereocenters. The zero-order valence-corrected chi connectivity index (χ0v) is 15.9. The fraction of sp³-hybridized carbons (Fsp3) is 0. The van der Waals surface area contributed by atoms with Gasteiger partial charge in [-0.1, -0.05) is 57.6 Å². The maximum Gasteiger partial charge on any atom is 0.235 e. The molecule has 0 bridgehead atoms. The Hall–Kier alpha value is -2.22. The van der Waals surface area contributed by atoms with Gasteiger partial charge in [0.2, 0.25) is 4.96 Å². The van der Waals surface area contributed by atoms with Crippen LogP contribution in [-0.2, 0) is 0 Å². The van der Waals surface area contributed by atoms with Gasteiger partial charge in [-0.2, -0.15) is 9.61 Å². The Bertz CT molecular complexity index is 1160. The van der Waals surface area contributed by atoms with Gasteiger partial charge in [-0.15, -0.1) is 22.6 Å². The lowest BCUT2D eigenvalue weighted by atomic mass is 10.2. The highest BCUT2D eigenvalue weighted by Crippen LogP contribution is 2.30. The van der Waals surface area contributed by atoms with Crippen molar-refractivity contribution >= 4 is 55.5 Å². The predicted molar refractivity (Wildman–Crippen MR) is 106 cm³/mol. The monoisotopic (exact) mass is 431 g/mol. The van der Waals surface area contributed by atoms with Crippen LogP contribution in [-0.4, -0.2) is 24.8 Å². The molecule has 5 aromatic rings. The molecule has 5 rings (SSSR count). The summed E-state index contributed by atoms with van der Waals surface area (Å²) in [5, 5.41) is 15.3. The molecule has 0 radical (unpaired) electrons. The van der Waals surface area contributed by atoms with Gasteiger partial charge in [-0.05, 0) is 24.3 Å². The van der Waals surface area contributed by atoms with E-state index in [9.17, 15) is 0 Å². The minimum absolute atomic E-state index is 0. The molecule has 0 aliphatic rings. The number of hydrogen-bond acceptors (Lipinski definition) is 4. The summed E-state index contributed by atoms with van der Waals surface area (Å²) in [5.74, 6) is 0.741. The van der Waals surface area contributed by atoms with Crippen molar-refractivity contribution in [3.8, 4) is 22.1 Å². The lowest BCUT2D eigenvalue weighted by molar-refractivity contribution is 0.968. The Morgan fingerprint density at radius 1 is 1.00 bits per heavy atom. The number of rotatable bonds is 2.